The first kappa shape index (κ1) is 19.5. The first-order chi connectivity index (χ1) is 12.8. The first-order valence-electron chi connectivity index (χ1n) is 8.32. The van der Waals surface area contributed by atoms with E-state index in [1.54, 1.807) is 31.2 Å². The highest BCUT2D eigenvalue weighted by molar-refractivity contribution is 7.89. The van der Waals surface area contributed by atoms with Crippen molar-refractivity contribution in [3.8, 4) is 0 Å². The summed E-state index contributed by atoms with van der Waals surface area (Å²) in [5, 5.41) is 3.13. The van der Waals surface area contributed by atoms with Gasteiger partial charge < -0.3 is 5.32 Å². The van der Waals surface area contributed by atoms with Gasteiger partial charge in [-0.25, -0.2) is 17.5 Å². The molecule has 0 aliphatic rings. The molecule has 0 atom stereocenters. The minimum atomic E-state index is -3.62. The number of carbonyl (C=O) groups is 1. The van der Waals surface area contributed by atoms with Crippen molar-refractivity contribution in [2.75, 3.05) is 13.1 Å². The molecule has 0 bridgehead atoms. The van der Waals surface area contributed by atoms with E-state index in [1.165, 1.54) is 29.5 Å². The highest BCUT2D eigenvalue weighted by Gasteiger charge is 2.18. The molecule has 1 heterocycles. The molecule has 0 spiro atoms. The molecule has 0 unspecified atom stereocenters. The minimum Gasteiger partial charge on any atom is -0.350 e. The SMILES string of the molecule is Cc1ccc(S(=O)(=O)NCCNC(=O)c2sc3cccc(F)c3c2C)cc1. The number of halogens is 1. The van der Waals surface area contributed by atoms with Crippen molar-refractivity contribution in [3.05, 3.63) is 64.3 Å². The predicted molar refractivity (Wildman–Crippen MR) is 105 cm³/mol. The number of thiophene rings is 1. The van der Waals surface area contributed by atoms with Gasteiger partial charge in [0.15, 0.2) is 0 Å². The van der Waals surface area contributed by atoms with Gasteiger partial charge in [-0.05, 0) is 43.7 Å². The van der Waals surface area contributed by atoms with Crippen LogP contribution in [0.4, 0.5) is 4.39 Å². The molecule has 0 radical (unpaired) electrons. The molecule has 2 N–H and O–H groups in total. The molecule has 3 aromatic rings. The lowest BCUT2D eigenvalue weighted by Gasteiger charge is -2.08. The number of rotatable bonds is 6. The summed E-state index contributed by atoms with van der Waals surface area (Å²) in [5.74, 6) is -0.700. The van der Waals surface area contributed by atoms with Gasteiger partial charge in [0.2, 0.25) is 10.0 Å². The second-order valence-electron chi connectivity index (χ2n) is 6.14. The third-order valence-electron chi connectivity index (χ3n) is 4.14. The van der Waals surface area contributed by atoms with Crippen molar-refractivity contribution in [3.63, 3.8) is 0 Å². The Bertz CT molecular complexity index is 1090. The standard InChI is InChI=1S/C19H19FN2O3S2/c1-12-6-8-14(9-7-12)27(24,25)22-11-10-21-19(23)18-13(2)17-15(20)4-3-5-16(17)26-18/h3-9,22H,10-11H2,1-2H3,(H,21,23). The van der Waals surface area contributed by atoms with Crippen LogP contribution in [0.15, 0.2) is 47.4 Å². The Balaban J connectivity index is 1.61. The Morgan fingerprint density at radius 1 is 1.07 bits per heavy atom. The predicted octanol–water partition coefficient (Wildman–Crippen LogP) is 3.37. The average molecular weight is 407 g/mol. The van der Waals surface area contributed by atoms with E-state index >= 15 is 0 Å². The second-order valence-corrected chi connectivity index (χ2v) is 8.96. The van der Waals surface area contributed by atoms with Crippen LogP contribution in [0.1, 0.15) is 20.8 Å². The molecule has 27 heavy (non-hydrogen) atoms. The zero-order chi connectivity index (χ0) is 19.6. The smallest absolute Gasteiger partial charge is 0.261 e. The van der Waals surface area contributed by atoms with E-state index in [2.05, 4.69) is 10.0 Å². The maximum Gasteiger partial charge on any atom is 0.261 e. The lowest BCUT2D eigenvalue weighted by Crippen LogP contribution is -2.34. The fourth-order valence-electron chi connectivity index (χ4n) is 2.71. The third-order valence-corrected chi connectivity index (χ3v) is 6.88. The number of nitrogens with one attached hydrogen (secondary N) is 2. The summed E-state index contributed by atoms with van der Waals surface area (Å²) in [7, 11) is -3.62. The van der Waals surface area contributed by atoms with Crippen LogP contribution in [0.5, 0.6) is 0 Å². The molecule has 0 saturated heterocycles. The first-order valence-corrected chi connectivity index (χ1v) is 10.6. The molecular formula is C19H19FN2O3S2. The van der Waals surface area contributed by atoms with E-state index < -0.39 is 10.0 Å². The molecule has 0 aliphatic heterocycles. The Morgan fingerprint density at radius 3 is 2.44 bits per heavy atom. The van der Waals surface area contributed by atoms with Crippen molar-refractivity contribution in [1.82, 2.24) is 10.0 Å². The Labute approximate surface area is 161 Å². The molecule has 5 nitrogen and oxygen atoms in total. The average Bonchev–Trinajstić information content (AvgIpc) is 2.97. The highest BCUT2D eigenvalue weighted by Crippen LogP contribution is 2.32. The highest BCUT2D eigenvalue weighted by atomic mass is 32.2. The van der Waals surface area contributed by atoms with Crippen molar-refractivity contribution in [2.45, 2.75) is 18.7 Å². The molecule has 1 amide bonds. The summed E-state index contributed by atoms with van der Waals surface area (Å²) in [6, 6.07) is 11.2. The van der Waals surface area contributed by atoms with Gasteiger partial charge in [-0.1, -0.05) is 23.8 Å². The molecule has 8 heteroatoms. The molecule has 2 aromatic carbocycles. The van der Waals surface area contributed by atoms with Gasteiger partial charge in [0.1, 0.15) is 5.82 Å². The number of hydrogen-bond acceptors (Lipinski definition) is 4. The van der Waals surface area contributed by atoms with Gasteiger partial charge in [0.05, 0.1) is 9.77 Å². The summed E-state index contributed by atoms with van der Waals surface area (Å²) in [6.45, 7) is 3.76. The molecule has 0 aliphatic carbocycles. The molecular weight excluding hydrogens is 387 g/mol. The topological polar surface area (TPSA) is 75.3 Å². The van der Waals surface area contributed by atoms with Crippen LogP contribution in [-0.4, -0.2) is 27.4 Å². The van der Waals surface area contributed by atoms with E-state index in [0.717, 1.165) is 5.56 Å². The van der Waals surface area contributed by atoms with Crippen LogP contribution in [0.3, 0.4) is 0 Å². The lowest BCUT2D eigenvalue weighted by atomic mass is 10.1. The van der Waals surface area contributed by atoms with Gasteiger partial charge in [-0.2, -0.15) is 0 Å². The molecule has 0 fully saturated rings. The van der Waals surface area contributed by atoms with E-state index in [9.17, 15) is 17.6 Å². The monoisotopic (exact) mass is 406 g/mol. The van der Waals surface area contributed by atoms with E-state index in [4.69, 9.17) is 0 Å². The van der Waals surface area contributed by atoms with Gasteiger partial charge in [-0.3, -0.25) is 4.79 Å². The van der Waals surface area contributed by atoms with Crippen molar-refractivity contribution >= 4 is 37.4 Å². The Morgan fingerprint density at radius 2 is 1.78 bits per heavy atom. The third kappa shape index (κ3) is 4.18. The van der Waals surface area contributed by atoms with Crippen molar-refractivity contribution in [1.29, 1.82) is 0 Å². The minimum absolute atomic E-state index is 0.0558. The number of amides is 1. The summed E-state index contributed by atoms with van der Waals surface area (Å²) >= 11 is 1.22. The summed E-state index contributed by atoms with van der Waals surface area (Å²) in [6.07, 6.45) is 0. The van der Waals surface area contributed by atoms with E-state index in [-0.39, 0.29) is 29.7 Å². The Hall–Kier alpha value is -2.29. The van der Waals surface area contributed by atoms with Crippen LogP contribution in [0.25, 0.3) is 10.1 Å². The second kappa shape index (κ2) is 7.75. The largest absolute Gasteiger partial charge is 0.350 e. The van der Waals surface area contributed by atoms with Gasteiger partial charge in [0.25, 0.3) is 5.91 Å². The van der Waals surface area contributed by atoms with Gasteiger partial charge in [-0.15, -0.1) is 11.3 Å². The number of benzene rings is 2. The lowest BCUT2D eigenvalue weighted by molar-refractivity contribution is 0.0958. The fraction of sp³-hybridized carbons (Fsp3) is 0.211. The molecule has 0 saturated carbocycles. The van der Waals surface area contributed by atoms with Crippen LogP contribution >= 0.6 is 11.3 Å². The van der Waals surface area contributed by atoms with Gasteiger partial charge in [0, 0.05) is 23.2 Å². The Kier molecular flexibility index (Phi) is 5.59. The number of fused-ring (bicyclic) bond motifs is 1. The van der Waals surface area contributed by atoms with Crippen LogP contribution in [0, 0.1) is 19.7 Å². The van der Waals surface area contributed by atoms with Crippen LogP contribution in [-0.2, 0) is 10.0 Å². The molecule has 3 rings (SSSR count). The van der Waals surface area contributed by atoms with Gasteiger partial charge >= 0.3 is 0 Å². The molecule has 1 aromatic heterocycles. The number of sulfonamides is 1. The fourth-order valence-corrected chi connectivity index (χ4v) is 4.88. The van der Waals surface area contributed by atoms with Crippen molar-refractivity contribution in [2.24, 2.45) is 0 Å². The van der Waals surface area contributed by atoms with E-state index in [1.807, 2.05) is 6.92 Å². The summed E-state index contributed by atoms with van der Waals surface area (Å²) in [5.41, 5.74) is 1.56. The van der Waals surface area contributed by atoms with Crippen LogP contribution < -0.4 is 10.0 Å². The zero-order valence-electron chi connectivity index (χ0n) is 14.9. The maximum absolute atomic E-state index is 13.9. The van der Waals surface area contributed by atoms with Crippen LogP contribution in [0.2, 0.25) is 0 Å². The quantitative estimate of drug-likeness (QED) is 0.617. The summed E-state index contributed by atoms with van der Waals surface area (Å²) in [4.78, 5) is 13.0. The number of hydrogen-bond donors (Lipinski definition) is 2. The summed E-state index contributed by atoms with van der Waals surface area (Å²) < 4.78 is 41.5. The zero-order valence-corrected chi connectivity index (χ0v) is 16.5. The normalized spacial score (nSPS) is 11.7. The number of carbonyl (C=O) groups excluding carboxylic acids is 1. The molecule has 142 valence electrons. The number of aryl methyl sites for hydroxylation is 2. The van der Waals surface area contributed by atoms with Crippen molar-refractivity contribution < 1.29 is 17.6 Å². The maximum atomic E-state index is 13.9. The van der Waals surface area contributed by atoms with E-state index in [0.29, 0.717) is 20.5 Å².